The van der Waals surface area contributed by atoms with Gasteiger partial charge in [0.25, 0.3) is 5.56 Å². The summed E-state index contributed by atoms with van der Waals surface area (Å²) in [6.07, 6.45) is 0. The molecule has 0 aliphatic carbocycles. The van der Waals surface area contributed by atoms with Crippen molar-refractivity contribution in [1.29, 1.82) is 0 Å². The lowest BCUT2D eigenvalue weighted by molar-refractivity contribution is -0.117. The Morgan fingerprint density at radius 2 is 1.73 bits per heavy atom. The molecule has 2 aromatic carbocycles. The SMILES string of the molecule is Cc1ccccc1-c1nnn(CC(=O)Nc2c(C)n(C)n(-c3ccccc3)c2=O)n1. The standard InChI is InChI=1S/C21H21N7O2/c1-14-9-7-8-12-17(14)20-23-25-27(24-20)13-18(29)22-19-15(2)26(3)28(21(19)30)16-10-5-4-6-11-16/h4-12H,13H2,1-3H3,(H,22,29). The Labute approximate surface area is 172 Å². The second-order valence-electron chi connectivity index (χ2n) is 6.94. The first-order chi connectivity index (χ1) is 14.5. The quantitative estimate of drug-likeness (QED) is 0.550. The number of carbonyl (C=O) groups excluding carboxylic acids is 1. The van der Waals surface area contributed by atoms with E-state index in [1.807, 2.05) is 61.5 Å². The van der Waals surface area contributed by atoms with E-state index in [9.17, 15) is 9.59 Å². The number of amides is 1. The number of hydrogen-bond donors (Lipinski definition) is 1. The smallest absolute Gasteiger partial charge is 0.295 e. The van der Waals surface area contributed by atoms with Gasteiger partial charge in [0, 0.05) is 12.6 Å². The van der Waals surface area contributed by atoms with Gasteiger partial charge < -0.3 is 5.32 Å². The molecule has 0 fully saturated rings. The van der Waals surface area contributed by atoms with Crippen molar-refractivity contribution < 1.29 is 4.79 Å². The third-order valence-electron chi connectivity index (χ3n) is 4.94. The van der Waals surface area contributed by atoms with E-state index in [2.05, 4.69) is 20.7 Å². The van der Waals surface area contributed by atoms with Crippen LogP contribution < -0.4 is 10.9 Å². The fraction of sp³-hybridized carbons (Fsp3) is 0.190. The lowest BCUT2D eigenvalue weighted by atomic mass is 10.1. The largest absolute Gasteiger partial charge is 0.318 e. The van der Waals surface area contributed by atoms with Crippen LogP contribution >= 0.6 is 0 Å². The zero-order valence-corrected chi connectivity index (χ0v) is 16.9. The van der Waals surface area contributed by atoms with E-state index in [1.54, 1.807) is 18.7 Å². The minimum atomic E-state index is -0.408. The molecule has 0 spiro atoms. The average Bonchev–Trinajstić information content (AvgIpc) is 3.27. The van der Waals surface area contributed by atoms with Gasteiger partial charge in [0.1, 0.15) is 12.2 Å². The van der Waals surface area contributed by atoms with Gasteiger partial charge in [-0.3, -0.25) is 14.3 Å². The molecule has 0 unspecified atom stereocenters. The number of hydrogen-bond acceptors (Lipinski definition) is 5. The predicted molar refractivity (Wildman–Crippen MR) is 112 cm³/mol. The third kappa shape index (κ3) is 3.52. The average molecular weight is 403 g/mol. The molecule has 1 N–H and O–H groups in total. The number of para-hydroxylation sites is 1. The summed E-state index contributed by atoms with van der Waals surface area (Å²) in [7, 11) is 1.77. The molecule has 0 aliphatic heterocycles. The van der Waals surface area contributed by atoms with Gasteiger partial charge in [0.2, 0.25) is 11.7 Å². The lowest BCUT2D eigenvalue weighted by Gasteiger charge is -2.07. The molecule has 1 amide bonds. The zero-order valence-electron chi connectivity index (χ0n) is 16.9. The summed E-state index contributed by atoms with van der Waals surface area (Å²) < 4.78 is 3.21. The van der Waals surface area contributed by atoms with E-state index in [1.165, 1.54) is 9.48 Å². The minimum absolute atomic E-state index is 0.155. The van der Waals surface area contributed by atoms with Crippen LogP contribution in [0.5, 0.6) is 0 Å². The highest BCUT2D eigenvalue weighted by Crippen LogP contribution is 2.18. The highest BCUT2D eigenvalue weighted by molar-refractivity contribution is 5.90. The third-order valence-corrected chi connectivity index (χ3v) is 4.94. The van der Waals surface area contributed by atoms with E-state index in [0.29, 0.717) is 11.5 Å². The van der Waals surface area contributed by atoms with Crippen molar-refractivity contribution >= 4 is 11.6 Å². The Kier molecular flexibility index (Phi) is 5.01. The maximum atomic E-state index is 12.9. The maximum Gasteiger partial charge on any atom is 0.295 e. The molecule has 0 atom stereocenters. The maximum absolute atomic E-state index is 12.9. The van der Waals surface area contributed by atoms with Crippen molar-refractivity contribution in [3.05, 3.63) is 76.2 Å². The summed E-state index contributed by atoms with van der Waals surface area (Å²) >= 11 is 0. The number of rotatable bonds is 5. The number of nitrogens with zero attached hydrogens (tertiary/aromatic N) is 6. The molecule has 0 radical (unpaired) electrons. The van der Waals surface area contributed by atoms with Crippen molar-refractivity contribution in [3.8, 4) is 17.1 Å². The van der Waals surface area contributed by atoms with Gasteiger partial charge in [0.15, 0.2) is 0 Å². The molecule has 152 valence electrons. The molecule has 9 nitrogen and oxygen atoms in total. The predicted octanol–water partition coefficient (Wildman–Crippen LogP) is 2.09. The number of tetrazole rings is 1. The van der Waals surface area contributed by atoms with Gasteiger partial charge in [-0.05, 0) is 36.8 Å². The van der Waals surface area contributed by atoms with Crippen molar-refractivity contribution in [2.75, 3.05) is 5.32 Å². The first kappa shape index (κ1) is 19.3. The van der Waals surface area contributed by atoms with Gasteiger partial charge in [-0.15, -0.1) is 10.2 Å². The van der Waals surface area contributed by atoms with Gasteiger partial charge in [-0.25, -0.2) is 4.68 Å². The molecule has 0 bridgehead atoms. The second kappa shape index (κ2) is 7.78. The Bertz CT molecular complexity index is 1270. The van der Waals surface area contributed by atoms with Crippen molar-refractivity contribution in [2.24, 2.45) is 7.05 Å². The highest BCUT2D eigenvalue weighted by atomic mass is 16.2. The van der Waals surface area contributed by atoms with Gasteiger partial charge in [-0.1, -0.05) is 42.5 Å². The normalized spacial score (nSPS) is 10.9. The molecule has 4 rings (SSSR count). The van der Waals surface area contributed by atoms with Crippen LogP contribution in [0.25, 0.3) is 17.1 Å². The monoisotopic (exact) mass is 403 g/mol. The molecule has 2 aromatic heterocycles. The first-order valence-electron chi connectivity index (χ1n) is 9.43. The molecule has 9 heteroatoms. The van der Waals surface area contributed by atoms with Crippen molar-refractivity contribution in [3.63, 3.8) is 0 Å². The molecule has 2 heterocycles. The molecule has 4 aromatic rings. The summed E-state index contributed by atoms with van der Waals surface area (Å²) in [4.78, 5) is 26.7. The van der Waals surface area contributed by atoms with Crippen LogP contribution in [0, 0.1) is 13.8 Å². The number of aryl methyl sites for hydroxylation is 1. The lowest BCUT2D eigenvalue weighted by Crippen LogP contribution is -2.25. The number of benzene rings is 2. The summed E-state index contributed by atoms with van der Waals surface area (Å²) in [5.41, 5.74) is 3.16. The molecule has 0 aliphatic rings. The Hall–Kier alpha value is -4.01. The number of anilines is 1. The number of carbonyl (C=O) groups is 1. The van der Waals surface area contributed by atoms with Crippen LogP contribution in [0.2, 0.25) is 0 Å². The van der Waals surface area contributed by atoms with E-state index < -0.39 is 5.91 Å². The summed E-state index contributed by atoms with van der Waals surface area (Å²) in [5.74, 6) is 0.0398. The fourth-order valence-electron chi connectivity index (χ4n) is 3.26. The topological polar surface area (TPSA) is 99.6 Å². The van der Waals surface area contributed by atoms with E-state index in [-0.39, 0.29) is 17.8 Å². The minimum Gasteiger partial charge on any atom is -0.318 e. The molecule has 0 saturated carbocycles. The van der Waals surface area contributed by atoms with Crippen LogP contribution in [-0.2, 0) is 18.4 Å². The Morgan fingerprint density at radius 3 is 2.47 bits per heavy atom. The summed E-state index contributed by atoms with van der Waals surface area (Å²) in [6.45, 7) is 3.58. The molecule has 30 heavy (non-hydrogen) atoms. The Morgan fingerprint density at radius 1 is 1.03 bits per heavy atom. The first-order valence-corrected chi connectivity index (χ1v) is 9.43. The zero-order chi connectivity index (χ0) is 21.3. The number of nitrogens with one attached hydrogen (secondary N) is 1. The van der Waals surface area contributed by atoms with Crippen molar-refractivity contribution in [2.45, 2.75) is 20.4 Å². The van der Waals surface area contributed by atoms with Crippen LogP contribution in [0.1, 0.15) is 11.3 Å². The van der Waals surface area contributed by atoms with Crippen LogP contribution in [0.15, 0.2) is 59.4 Å². The van der Waals surface area contributed by atoms with E-state index in [0.717, 1.165) is 16.8 Å². The van der Waals surface area contributed by atoms with Gasteiger partial charge >= 0.3 is 0 Å². The van der Waals surface area contributed by atoms with Crippen LogP contribution in [-0.4, -0.2) is 35.5 Å². The fourth-order valence-corrected chi connectivity index (χ4v) is 3.26. The van der Waals surface area contributed by atoms with Crippen LogP contribution in [0.3, 0.4) is 0 Å². The Balaban J connectivity index is 1.55. The van der Waals surface area contributed by atoms with E-state index >= 15 is 0 Å². The molecular weight excluding hydrogens is 382 g/mol. The van der Waals surface area contributed by atoms with Crippen LogP contribution in [0.4, 0.5) is 5.69 Å². The van der Waals surface area contributed by atoms with Gasteiger partial charge in [0.05, 0.1) is 11.4 Å². The van der Waals surface area contributed by atoms with Gasteiger partial charge in [-0.2, -0.15) is 4.80 Å². The number of aromatic nitrogens is 6. The molecule has 0 saturated heterocycles. The molecular formula is C21H21N7O2. The highest BCUT2D eigenvalue weighted by Gasteiger charge is 2.19. The van der Waals surface area contributed by atoms with E-state index in [4.69, 9.17) is 0 Å². The summed E-state index contributed by atoms with van der Waals surface area (Å²) in [6, 6.07) is 16.9. The second-order valence-corrected chi connectivity index (χ2v) is 6.94. The van der Waals surface area contributed by atoms with Crippen molar-refractivity contribution in [1.82, 2.24) is 29.6 Å². The summed E-state index contributed by atoms with van der Waals surface area (Å²) in [5, 5.41) is 15.0.